The minimum absolute atomic E-state index is 0.0210. The Kier molecular flexibility index (Phi) is 6.38. The summed E-state index contributed by atoms with van der Waals surface area (Å²) in [5, 5.41) is 19.3. The van der Waals surface area contributed by atoms with Gasteiger partial charge in [-0.2, -0.15) is 0 Å². The van der Waals surface area contributed by atoms with Crippen molar-refractivity contribution < 1.29 is 30.4 Å². The van der Waals surface area contributed by atoms with Gasteiger partial charge in [-0.15, -0.1) is 0 Å². The van der Waals surface area contributed by atoms with Crippen LogP contribution in [0.15, 0.2) is 12.1 Å². The first-order valence-electron chi connectivity index (χ1n) is 6.26. The van der Waals surface area contributed by atoms with Crippen LogP contribution < -0.4 is 0 Å². The molecule has 0 aliphatic heterocycles. The molecule has 1 rings (SSSR count). The average molecular weight is 317 g/mol. The monoisotopic (exact) mass is 317 g/mol. The van der Waals surface area contributed by atoms with E-state index in [4.69, 9.17) is 0 Å². The Balaban J connectivity index is 0.00000172. The standard InChI is InChI=1S/C15H22O3.B.Fe/c1-14(2,3)9-7-10(13(17)18)12(16)11(8-9)15(4,5)6;;/h7-8,16H,1-6H3,(H,17,18);;/q;-1;. The number of aromatic carboxylic acids is 1. The summed E-state index contributed by atoms with van der Waals surface area (Å²) < 4.78 is 0. The van der Waals surface area contributed by atoms with Crippen LogP contribution in [0.4, 0.5) is 0 Å². The molecule has 0 saturated carbocycles. The van der Waals surface area contributed by atoms with Gasteiger partial charge in [-0.3, -0.25) is 0 Å². The Morgan fingerprint density at radius 2 is 1.50 bits per heavy atom. The average Bonchev–Trinajstić information content (AvgIpc) is 2.28. The maximum atomic E-state index is 11.2. The molecule has 20 heavy (non-hydrogen) atoms. The molecule has 3 nitrogen and oxygen atoms in total. The van der Waals surface area contributed by atoms with Gasteiger partial charge in [0.15, 0.2) is 0 Å². The van der Waals surface area contributed by atoms with Gasteiger partial charge in [0, 0.05) is 5.56 Å². The number of rotatable bonds is 1. The van der Waals surface area contributed by atoms with Gasteiger partial charge < -0.3 is 10.2 Å². The van der Waals surface area contributed by atoms with Gasteiger partial charge in [0.05, 0.1) is 0 Å². The van der Waals surface area contributed by atoms with Gasteiger partial charge in [-0.25, -0.2) is 4.79 Å². The molecule has 0 bridgehead atoms. The summed E-state index contributed by atoms with van der Waals surface area (Å²) in [5.41, 5.74) is 1.12. The molecule has 0 heterocycles. The summed E-state index contributed by atoms with van der Waals surface area (Å²) in [5.74, 6) is -1.22. The van der Waals surface area contributed by atoms with E-state index in [1.807, 2.05) is 47.6 Å². The number of aromatic hydroxyl groups is 1. The Labute approximate surface area is 130 Å². The quantitative estimate of drug-likeness (QED) is 0.782. The Hall–Kier alpha value is -0.926. The third-order valence-corrected chi connectivity index (χ3v) is 3.01. The number of hydrogen-bond donors (Lipinski definition) is 2. The third kappa shape index (κ3) is 4.57. The van der Waals surface area contributed by atoms with Crippen LogP contribution in [-0.4, -0.2) is 22.4 Å². The van der Waals surface area contributed by atoms with Crippen LogP contribution >= 0.6 is 0 Å². The van der Waals surface area contributed by atoms with Crippen molar-refractivity contribution in [3.05, 3.63) is 28.8 Å². The summed E-state index contributed by atoms with van der Waals surface area (Å²) in [7, 11) is 0. The zero-order chi connectivity index (χ0) is 16.3. The van der Waals surface area contributed by atoms with E-state index >= 15 is 0 Å². The van der Waals surface area contributed by atoms with Crippen LogP contribution in [-0.2, 0) is 26.2 Å². The summed E-state index contributed by atoms with van der Waals surface area (Å²) in [6.07, 6.45) is 4.25. The van der Waals surface area contributed by atoms with Crippen molar-refractivity contribution in [2.24, 2.45) is 0 Å². The molecule has 0 fully saturated rings. The molecule has 0 unspecified atom stereocenters. The first kappa shape index (κ1) is 19.1. The van der Waals surface area contributed by atoms with Crippen molar-refractivity contribution in [2.75, 3.05) is 0 Å². The number of carboxylic acid groups (broad SMARTS) is 1. The van der Waals surface area contributed by atoms with E-state index in [9.17, 15) is 15.0 Å². The van der Waals surface area contributed by atoms with Crippen molar-refractivity contribution in [1.82, 2.24) is 0 Å². The number of benzene rings is 1. The van der Waals surface area contributed by atoms with Gasteiger partial charge in [-0.1, -0.05) is 47.6 Å². The van der Waals surface area contributed by atoms with Crippen LogP contribution in [0, 0.1) is 0 Å². The predicted molar refractivity (Wildman–Crippen MR) is 78.2 cm³/mol. The normalized spacial score (nSPS) is 11.6. The van der Waals surface area contributed by atoms with Gasteiger partial charge in [0.25, 0.3) is 0 Å². The van der Waals surface area contributed by atoms with E-state index in [-0.39, 0.29) is 22.1 Å². The molecule has 1 aromatic rings. The second-order valence-corrected chi connectivity index (χ2v) is 6.73. The molecule has 1 aromatic carbocycles. The topological polar surface area (TPSA) is 57.5 Å². The van der Waals surface area contributed by atoms with Crippen LogP contribution in [0.3, 0.4) is 0 Å². The predicted octanol–water partition coefficient (Wildman–Crippen LogP) is 3.30. The number of carbonyl (C=O) groups is 1. The van der Waals surface area contributed by atoms with E-state index < -0.39 is 5.97 Å². The summed E-state index contributed by atoms with van der Waals surface area (Å²) in [4.78, 5) is 11.2. The molecular formula is C15H22BFeO3-. The summed E-state index contributed by atoms with van der Waals surface area (Å²) >= 11 is 2.75. The van der Waals surface area contributed by atoms with Crippen molar-refractivity contribution in [1.29, 1.82) is 0 Å². The molecule has 2 N–H and O–H groups in total. The Morgan fingerprint density at radius 1 is 1.05 bits per heavy atom. The van der Waals surface area contributed by atoms with E-state index in [0.29, 0.717) is 5.56 Å². The number of phenols is 1. The minimum atomic E-state index is -1.09. The molecule has 0 aliphatic carbocycles. The molecular weight excluding hydrogens is 295 g/mol. The van der Waals surface area contributed by atoms with E-state index in [0.717, 1.165) is 5.56 Å². The van der Waals surface area contributed by atoms with E-state index in [1.165, 1.54) is 0 Å². The molecule has 112 valence electrons. The number of carboxylic acids is 1. The van der Waals surface area contributed by atoms with Crippen molar-refractivity contribution in [3.63, 3.8) is 0 Å². The maximum absolute atomic E-state index is 11.2. The van der Waals surface area contributed by atoms with Crippen molar-refractivity contribution in [2.45, 2.75) is 52.4 Å². The van der Waals surface area contributed by atoms with Crippen LogP contribution in [0.2, 0.25) is 0 Å². The second kappa shape index (κ2) is 6.69. The fraction of sp³-hybridized carbons (Fsp3) is 0.533. The Morgan fingerprint density at radius 3 is 1.80 bits per heavy atom. The molecule has 0 amide bonds. The van der Waals surface area contributed by atoms with Crippen LogP contribution in [0.1, 0.15) is 63.0 Å². The van der Waals surface area contributed by atoms with Crippen molar-refractivity contribution in [3.8, 4) is 5.75 Å². The van der Waals surface area contributed by atoms with Gasteiger partial charge in [0.2, 0.25) is 0 Å². The fourth-order valence-electron chi connectivity index (χ4n) is 1.80. The van der Waals surface area contributed by atoms with Crippen LogP contribution in [0.25, 0.3) is 0 Å². The molecule has 0 atom stereocenters. The SMILES string of the molecule is CC(C)(C)c1cc(C(=O)O)c(O)c(C(C)(C)C)c1.[B-]=[Fe]. The first-order valence-corrected chi connectivity index (χ1v) is 6.90. The molecule has 5 heteroatoms. The third-order valence-electron chi connectivity index (χ3n) is 3.01. The molecule has 2 radical (unpaired) electrons. The van der Waals surface area contributed by atoms with Gasteiger partial charge in [-0.05, 0) is 22.5 Å². The molecule has 0 saturated heterocycles. The number of hydrogen-bond acceptors (Lipinski definition) is 2. The summed E-state index contributed by atoms with van der Waals surface area (Å²) in [6, 6.07) is 3.47. The van der Waals surface area contributed by atoms with Crippen LogP contribution in [0.5, 0.6) is 5.75 Å². The molecule has 0 aliphatic rings. The van der Waals surface area contributed by atoms with E-state index in [2.05, 4.69) is 21.6 Å². The zero-order valence-corrected chi connectivity index (χ0v) is 14.0. The first-order chi connectivity index (χ1) is 8.94. The summed E-state index contributed by atoms with van der Waals surface area (Å²) in [6.45, 7) is 12.0. The molecule has 0 aromatic heterocycles. The zero-order valence-electron chi connectivity index (χ0n) is 12.9. The Bertz CT molecular complexity index is 499. The fourth-order valence-corrected chi connectivity index (χ4v) is 1.80. The van der Waals surface area contributed by atoms with E-state index in [1.54, 1.807) is 6.07 Å². The van der Waals surface area contributed by atoms with Gasteiger partial charge >= 0.3 is 27.6 Å². The molecule has 0 spiro atoms. The van der Waals surface area contributed by atoms with Gasteiger partial charge in [0.1, 0.15) is 11.3 Å². The van der Waals surface area contributed by atoms with Crippen molar-refractivity contribution >= 4 is 12.2 Å². The second-order valence-electron chi connectivity index (χ2n) is 6.73.